The number of benzene rings is 2. The van der Waals surface area contributed by atoms with E-state index >= 15 is 0 Å². The van der Waals surface area contributed by atoms with Crippen LogP contribution >= 0.6 is 22.9 Å². The van der Waals surface area contributed by atoms with Crippen molar-refractivity contribution in [3.63, 3.8) is 0 Å². The fourth-order valence-electron chi connectivity index (χ4n) is 2.49. The molecule has 1 aromatic heterocycles. The molecule has 27 heavy (non-hydrogen) atoms. The van der Waals surface area contributed by atoms with E-state index in [0.29, 0.717) is 22.1 Å². The monoisotopic (exact) mass is 399 g/mol. The molecule has 0 saturated carbocycles. The van der Waals surface area contributed by atoms with Crippen molar-refractivity contribution in [2.24, 2.45) is 0 Å². The zero-order chi connectivity index (χ0) is 19.4. The van der Waals surface area contributed by atoms with Crippen LogP contribution in [0, 0.1) is 6.92 Å². The van der Waals surface area contributed by atoms with E-state index in [9.17, 15) is 9.59 Å². The number of aromatic nitrogens is 1. The molecule has 0 atom stereocenters. The first-order valence-corrected chi connectivity index (χ1v) is 9.55. The summed E-state index contributed by atoms with van der Waals surface area (Å²) in [4.78, 5) is 28.0. The summed E-state index contributed by atoms with van der Waals surface area (Å²) in [6.45, 7) is 3.37. The zero-order valence-corrected chi connectivity index (χ0v) is 16.4. The summed E-state index contributed by atoms with van der Waals surface area (Å²) in [5.41, 5.74) is 3.92. The molecule has 0 spiro atoms. The summed E-state index contributed by atoms with van der Waals surface area (Å²) in [6, 6.07) is 12.9. The second-order valence-electron chi connectivity index (χ2n) is 6.09. The molecule has 0 saturated heterocycles. The molecule has 2 aromatic carbocycles. The summed E-state index contributed by atoms with van der Waals surface area (Å²) in [5.74, 6) is -0.279. The molecule has 2 amide bonds. The van der Waals surface area contributed by atoms with E-state index in [1.54, 1.807) is 6.07 Å². The van der Waals surface area contributed by atoms with Gasteiger partial charge in [0.1, 0.15) is 5.01 Å². The smallest absolute Gasteiger partial charge is 0.230 e. The van der Waals surface area contributed by atoms with Crippen LogP contribution in [0.2, 0.25) is 5.02 Å². The number of carbonyl (C=O) groups is 2. The van der Waals surface area contributed by atoms with Gasteiger partial charge >= 0.3 is 0 Å². The van der Waals surface area contributed by atoms with Crippen molar-refractivity contribution in [3.05, 3.63) is 64.1 Å². The number of aryl methyl sites for hydroxylation is 1. The van der Waals surface area contributed by atoms with Gasteiger partial charge in [0.15, 0.2) is 0 Å². The molecule has 3 rings (SSSR count). The number of nitrogens with zero attached hydrogens (tertiary/aromatic N) is 1. The molecule has 0 bridgehead atoms. The number of rotatable bonds is 5. The molecule has 0 aliphatic heterocycles. The lowest BCUT2D eigenvalue weighted by molar-refractivity contribution is -0.116. The van der Waals surface area contributed by atoms with Gasteiger partial charge in [0.25, 0.3) is 0 Å². The largest absolute Gasteiger partial charge is 0.326 e. The van der Waals surface area contributed by atoms with Crippen LogP contribution in [0.3, 0.4) is 0 Å². The van der Waals surface area contributed by atoms with Crippen LogP contribution < -0.4 is 10.6 Å². The average molecular weight is 400 g/mol. The van der Waals surface area contributed by atoms with E-state index in [4.69, 9.17) is 11.6 Å². The Balaban J connectivity index is 1.67. The van der Waals surface area contributed by atoms with Crippen molar-refractivity contribution >= 4 is 46.1 Å². The number of halogens is 1. The van der Waals surface area contributed by atoms with Crippen LogP contribution in [0.1, 0.15) is 18.2 Å². The molecule has 0 aliphatic rings. The summed E-state index contributed by atoms with van der Waals surface area (Å²) in [6.07, 6.45) is 0.174. The maximum atomic E-state index is 12.3. The second-order valence-corrected chi connectivity index (χ2v) is 7.36. The lowest BCUT2D eigenvalue weighted by atomic mass is 10.2. The Morgan fingerprint density at radius 2 is 1.89 bits per heavy atom. The van der Waals surface area contributed by atoms with E-state index < -0.39 is 0 Å². The third-order valence-corrected chi connectivity index (χ3v) is 5.13. The molecule has 0 fully saturated rings. The number of thiazole rings is 1. The van der Waals surface area contributed by atoms with Crippen molar-refractivity contribution in [1.29, 1.82) is 0 Å². The van der Waals surface area contributed by atoms with Gasteiger partial charge in [0, 0.05) is 34.3 Å². The van der Waals surface area contributed by atoms with Gasteiger partial charge < -0.3 is 10.6 Å². The summed E-state index contributed by atoms with van der Waals surface area (Å²) in [5, 5.41) is 8.86. The number of anilines is 2. The maximum Gasteiger partial charge on any atom is 0.230 e. The quantitative estimate of drug-likeness (QED) is 0.640. The molecule has 3 aromatic rings. The van der Waals surface area contributed by atoms with Gasteiger partial charge in [-0.15, -0.1) is 11.3 Å². The Kier molecular flexibility index (Phi) is 5.88. The summed E-state index contributed by atoms with van der Waals surface area (Å²) < 4.78 is 0. The van der Waals surface area contributed by atoms with Crippen molar-refractivity contribution in [2.75, 3.05) is 10.6 Å². The molecule has 5 nitrogen and oxygen atoms in total. The Labute approximate surface area is 166 Å². The highest BCUT2D eigenvalue weighted by Gasteiger charge is 2.10. The number of hydrogen-bond acceptors (Lipinski definition) is 4. The van der Waals surface area contributed by atoms with E-state index in [0.717, 1.165) is 16.1 Å². The van der Waals surface area contributed by atoms with Crippen LogP contribution in [-0.2, 0) is 16.0 Å². The van der Waals surface area contributed by atoms with Crippen LogP contribution in [0.4, 0.5) is 11.4 Å². The molecule has 1 heterocycles. The highest BCUT2D eigenvalue weighted by atomic mass is 35.5. The topological polar surface area (TPSA) is 71.1 Å². The van der Waals surface area contributed by atoms with Crippen molar-refractivity contribution in [1.82, 2.24) is 4.98 Å². The van der Waals surface area contributed by atoms with Gasteiger partial charge in [-0.05, 0) is 36.8 Å². The summed E-state index contributed by atoms with van der Waals surface area (Å²) in [7, 11) is 0. The van der Waals surface area contributed by atoms with E-state index in [1.807, 2.05) is 48.7 Å². The molecular formula is C20H18ClN3O2S. The minimum absolute atomic E-state index is 0.125. The van der Waals surface area contributed by atoms with Crippen LogP contribution in [-0.4, -0.2) is 16.8 Å². The third kappa shape index (κ3) is 5.15. The first-order valence-electron chi connectivity index (χ1n) is 8.29. The van der Waals surface area contributed by atoms with Gasteiger partial charge in [0.2, 0.25) is 11.8 Å². The van der Waals surface area contributed by atoms with Gasteiger partial charge in [-0.1, -0.05) is 29.8 Å². The van der Waals surface area contributed by atoms with E-state index in [1.165, 1.54) is 18.3 Å². The molecule has 0 unspecified atom stereocenters. The summed E-state index contributed by atoms with van der Waals surface area (Å²) >= 11 is 7.54. The van der Waals surface area contributed by atoms with Crippen molar-refractivity contribution in [3.8, 4) is 10.6 Å². The first kappa shape index (κ1) is 19.1. The maximum absolute atomic E-state index is 12.3. The SMILES string of the molecule is CC(=O)Nc1cccc(-c2nc(CC(=O)Nc3ccc(C)c(Cl)c3)cs2)c1. The minimum atomic E-state index is -0.154. The van der Waals surface area contributed by atoms with Gasteiger partial charge in [-0.2, -0.15) is 0 Å². The molecule has 0 radical (unpaired) electrons. The lowest BCUT2D eigenvalue weighted by Crippen LogP contribution is -2.14. The Morgan fingerprint density at radius 3 is 2.63 bits per heavy atom. The Morgan fingerprint density at radius 1 is 1.11 bits per heavy atom. The zero-order valence-electron chi connectivity index (χ0n) is 14.9. The molecule has 0 aliphatic carbocycles. The highest BCUT2D eigenvalue weighted by Crippen LogP contribution is 2.26. The lowest BCUT2D eigenvalue weighted by Gasteiger charge is -2.06. The molecular weight excluding hydrogens is 382 g/mol. The standard InChI is InChI=1S/C20H18ClN3O2S/c1-12-6-7-16(9-18(12)21)23-19(26)10-17-11-27-20(24-17)14-4-3-5-15(8-14)22-13(2)25/h3-9,11H,10H2,1-2H3,(H,22,25)(H,23,26). The normalized spacial score (nSPS) is 10.5. The van der Waals surface area contributed by atoms with Gasteiger partial charge in [0.05, 0.1) is 12.1 Å². The number of nitrogens with one attached hydrogen (secondary N) is 2. The van der Waals surface area contributed by atoms with Crippen LogP contribution in [0.5, 0.6) is 0 Å². The predicted octanol–water partition coefficient (Wildman–Crippen LogP) is 4.91. The second kappa shape index (κ2) is 8.33. The molecule has 138 valence electrons. The first-order chi connectivity index (χ1) is 12.9. The Bertz CT molecular complexity index is 1000. The minimum Gasteiger partial charge on any atom is -0.326 e. The fraction of sp³-hybridized carbons (Fsp3) is 0.150. The van der Waals surface area contributed by atoms with Gasteiger partial charge in [-0.25, -0.2) is 4.98 Å². The van der Waals surface area contributed by atoms with E-state index in [-0.39, 0.29) is 18.2 Å². The molecule has 7 heteroatoms. The Hall–Kier alpha value is -2.70. The van der Waals surface area contributed by atoms with E-state index in [2.05, 4.69) is 15.6 Å². The fourth-order valence-corrected chi connectivity index (χ4v) is 3.49. The number of hydrogen-bond donors (Lipinski definition) is 2. The molecule has 2 N–H and O–H groups in total. The number of amides is 2. The van der Waals surface area contributed by atoms with Crippen molar-refractivity contribution < 1.29 is 9.59 Å². The predicted molar refractivity (Wildman–Crippen MR) is 110 cm³/mol. The van der Waals surface area contributed by atoms with Crippen LogP contribution in [0.25, 0.3) is 10.6 Å². The number of carbonyl (C=O) groups excluding carboxylic acids is 2. The third-order valence-electron chi connectivity index (χ3n) is 3.78. The van der Waals surface area contributed by atoms with Crippen LogP contribution in [0.15, 0.2) is 47.8 Å². The van der Waals surface area contributed by atoms with Gasteiger partial charge in [-0.3, -0.25) is 9.59 Å². The average Bonchev–Trinajstić information content (AvgIpc) is 3.06. The highest BCUT2D eigenvalue weighted by molar-refractivity contribution is 7.13. The van der Waals surface area contributed by atoms with Crippen molar-refractivity contribution in [2.45, 2.75) is 20.3 Å².